The van der Waals surface area contributed by atoms with Gasteiger partial charge in [-0.1, -0.05) is 5.21 Å². The van der Waals surface area contributed by atoms with Gasteiger partial charge in [0.1, 0.15) is 12.2 Å². The number of hydrogen-bond acceptors (Lipinski definition) is 5. The van der Waals surface area contributed by atoms with E-state index < -0.39 is 0 Å². The van der Waals surface area contributed by atoms with Crippen molar-refractivity contribution in [2.24, 2.45) is 0 Å². The molecular weight excluding hydrogens is 308 g/mol. The summed E-state index contributed by atoms with van der Waals surface area (Å²) in [6.45, 7) is 3.81. The Bertz CT molecular complexity index is 850. The highest BCUT2D eigenvalue weighted by molar-refractivity contribution is 5.90. The average molecular weight is 326 g/mol. The fourth-order valence-corrected chi connectivity index (χ4v) is 2.30. The van der Waals surface area contributed by atoms with Crippen molar-refractivity contribution in [3.63, 3.8) is 0 Å². The van der Waals surface area contributed by atoms with Gasteiger partial charge in [0.25, 0.3) is 0 Å². The van der Waals surface area contributed by atoms with Crippen LogP contribution in [-0.2, 0) is 17.9 Å². The Morgan fingerprint density at radius 1 is 1.25 bits per heavy atom. The maximum absolute atomic E-state index is 12.0. The summed E-state index contributed by atoms with van der Waals surface area (Å²) >= 11 is 0. The normalized spacial score (nSPS) is 10.8. The fourth-order valence-electron chi connectivity index (χ4n) is 2.30. The first-order valence-corrected chi connectivity index (χ1v) is 7.47. The number of rotatable bonds is 5. The summed E-state index contributed by atoms with van der Waals surface area (Å²) < 4.78 is 3.37. The van der Waals surface area contributed by atoms with Gasteiger partial charge in [0.15, 0.2) is 0 Å². The van der Waals surface area contributed by atoms with E-state index in [2.05, 4.69) is 20.6 Å². The van der Waals surface area contributed by atoms with Crippen LogP contribution in [-0.4, -0.2) is 35.6 Å². The van der Waals surface area contributed by atoms with E-state index in [1.807, 2.05) is 42.7 Å². The summed E-state index contributed by atoms with van der Waals surface area (Å²) in [5, 5.41) is 19.2. The van der Waals surface area contributed by atoms with Crippen molar-refractivity contribution in [3.05, 3.63) is 53.9 Å². The van der Waals surface area contributed by atoms with Crippen molar-refractivity contribution in [1.29, 1.82) is 0 Å². The lowest BCUT2D eigenvalue weighted by atomic mass is 10.2. The van der Waals surface area contributed by atoms with Gasteiger partial charge in [-0.2, -0.15) is 0 Å². The first-order chi connectivity index (χ1) is 11.6. The molecule has 2 aromatic heterocycles. The number of anilines is 1. The number of carbonyl (C=O) groups is 1. The third-order valence-corrected chi connectivity index (χ3v) is 3.73. The van der Waals surface area contributed by atoms with Gasteiger partial charge in [-0.3, -0.25) is 4.79 Å². The molecule has 1 amide bonds. The monoisotopic (exact) mass is 326 g/mol. The molecule has 8 heteroatoms. The summed E-state index contributed by atoms with van der Waals surface area (Å²) in [5.41, 5.74) is 4.17. The number of nitrogens with zero attached hydrogens (tertiary/aromatic N) is 5. The number of aromatic nitrogens is 5. The first kappa shape index (κ1) is 15.9. The predicted octanol–water partition coefficient (Wildman–Crippen LogP) is 1.21. The van der Waals surface area contributed by atoms with Gasteiger partial charge in [-0.25, -0.2) is 9.67 Å². The molecule has 0 saturated heterocycles. The van der Waals surface area contributed by atoms with Crippen LogP contribution < -0.4 is 5.32 Å². The second kappa shape index (κ2) is 6.63. The number of benzene rings is 1. The van der Waals surface area contributed by atoms with Crippen LogP contribution >= 0.6 is 0 Å². The number of aryl methyl sites for hydroxylation is 1. The Labute approximate surface area is 138 Å². The lowest BCUT2D eigenvalue weighted by molar-refractivity contribution is -0.116. The van der Waals surface area contributed by atoms with Gasteiger partial charge < -0.3 is 15.0 Å². The molecule has 0 radical (unpaired) electrons. The summed E-state index contributed by atoms with van der Waals surface area (Å²) in [4.78, 5) is 16.3. The summed E-state index contributed by atoms with van der Waals surface area (Å²) in [5.74, 6) is -0.216. The van der Waals surface area contributed by atoms with E-state index in [-0.39, 0.29) is 19.1 Å². The van der Waals surface area contributed by atoms with Crippen LogP contribution in [0.5, 0.6) is 0 Å². The third kappa shape index (κ3) is 3.33. The number of carbonyl (C=O) groups excluding carboxylic acids is 1. The Morgan fingerprint density at radius 2 is 2.00 bits per heavy atom. The van der Waals surface area contributed by atoms with Crippen LogP contribution in [0.15, 0.2) is 36.8 Å². The zero-order valence-electron chi connectivity index (χ0n) is 13.5. The van der Waals surface area contributed by atoms with Crippen molar-refractivity contribution >= 4 is 11.6 Å². The van der Waals surface area contributed by atoms with Crippen LogP contribution in [0.4, 0.5) is 5.69 Å². The van der Waals surface area contributed by atoms with Crippen LogP contribution in [0, 0.1) is 13.8 Å². The van der Waals surface area contributed by atoms with E-state index in [9.17, 15) is 4.79 Å². The lowest BCUT2D eigenvalue weighted by Gasteiger charge is -2.08. The van der Waals surface area contributed by atoms with E-state index in [1.54, 1.807) is 6.33 Å². The molecule has 0 aliphatic heterocycles. The number of nitrogens with one attached hydrogen (secondary N) is 1. The van der Waals surface area contributed by atoms with Crippen LogP contribution in [0.3, 0.4) is 0 Å². The molecule has 8 nitrogen and oxygen atoms in total. The van der Waals surface area contributed by atoms with Crippen molar-refractivity contribution in [3.8, 4) is 5.69 Å². The molecular formula is C16H18N6O2. The molecule has 1 aromatic carbocycles. The van der Waals surface area contributed by atoms with Crippen molar-refractivity contribution in [2.75, 3.05) is 5.32 Å². The Balaban J connectivity index is 1.65. The van der Waals surface area contributed by atoms with Gasteiger partial charge in [-0.05, 0) is 38.1 Å². The molecule has 0 atom stereocenters. The van der Waals surface area contributed by atoms with E-state index in [4.69, 9.17) is 5.11 Å². The molecule has 0 spiro atoms. The minimum atomic E-state index is -0.216. The smallest absolute Gasteiger partial charge is 0.246 e. The quantitative estimate of drug-likeness (QED) is 0.734. The Kier molecular flexibility index (Phi) is 4.39. The fraction of sp³-hybridized carbons (Fsp3) is 0.250. The highest BCUT2D eigenvalue weighted by Gasteiger charge is 2.08. The number of aliphatic hydroxyl groups excluding tert-OH is 1. The summed E-state index contributed by atoms with van der Waals surface area (Å²) in [6, 6.07) is 7.51. The highest BCUT2D eigenvalue weighted by Crippen LogP contribution is 2.16. The van der Waals surface area contributed by atoms with Gasteiger partial charge >= 0.3 is 0 Å². The van der Waals surface area contributed by atoms with Crippen molar-refractivity contribution < 1.29 is 9.90 Å². The average Bonchev–Trinajstić information content (AvgIpc) is 3.16. The zero-order valence-corrected chi connectivity index (χ0v) is 13.5. The van der Waals surface area contributed by atoms with E-state index in [0.717, 1.165) is 17.1 Å². The molecule has 0 saturated carbocycles. The molecule has 124 valence electrons. The first-order valence-electron chi connectivity index (χ1n) is 7.47. The van der Waals surface area contributed by atoms with Crippen molar-refractivity contribution in [1.82, 2.24) is 24.5 Å². The molecule has 3 aromatic rings. The zero-order chi connectivity index (χ0) is 17.1. The summed E-state index contributed by atoms with van der Waals surface area (Å²) in [6.07, 6.45) is 3.31. The largest absolute Gasteiger partial charge is 0.390 e. The second-order valence-electron chi connectivity index (χ2n) is 5.45. The van der Waals surface area contributed by atoms with Crippen molar-refractivity contribution in [2.45, 2.75) is 27.0 Å². The molecule has 0 aliphatic rings. The van der Waals surface area contributed by atoms with E-state index in [1.165, 1.54) is 10.9 Å². The molecule has 3 rings (SSSR count). The topological polar surface area (TPSA) is 97.9 Å². The van der Waals surface area contributed by atoms with Gasteiger partial charge in [0.2, 0.25) is 5.91 Å². The van der Waals surface area contributed by atoms with Crippen LogP contribution in [0.25, 0.3) is 5.69 Å². The number of hydrogen-bond donors (Lipinski definition) is 2. The summed E-state index contributed by atoms with van der Waals surface area (Å²) in [7, 11) is 0. The SMILES string of the molecule is Cc1ncn(-c2ccc(NC(=O)Cn3cc(CO)nn3)cc2)c1C. The highest BCUT2D eigenvalue weighted by atomic mass is 16.3. The Morgan fingerprint density at radius 3 is 2.58 bits per heavy atom. The van der Waals surface area contributed by atoms with Crippen LogP contribution in [0.2, 0.25) is 0 Å². The molecule has 24 heavy (non-hydrogen) atoms. The lowest BCUT2D eigenvalue weighted by Crippen LogP contribution is -2.19. The van der Waals surface area contributed by atoms with E-state index in [0.29, 0.717) is 11.4 Å². The van der Waals surface area contributed by atoms with Gasteiger partial charge in [0.05, 0.1) is 24.8 Å². The predicted molar refractivity (Wildman–Crippen MR) is 87.6 cm³/mol. The van der Waals surface area contributed by atoms with E-state index >= 15 is 0 Å². The minimum absolute atomic E-state index is 0.0363. The maximum atomic E-state index is 12.0. The molecule has 0 unspecified atom stereocenters. The Hall–Kier alpha value is -3.00. The van der Waals surface area contributed by atoms with Gasteiger partial charge in [0, 0.05) is 17.1 Å². The standard InChI is InChI=1S/C16H18N6O2/c1-11-12(2)22(10-17-11)15-5-3-13(4-6-15)18-16(24)8-21-7-14(9-23)19-20-21/h3-7,10,23H,8-9H2,1-2H3,(H,18,24). The number of aliphatic hydroxyl groups is 1. The van der Waals surface area contributed by atoms with Gasteiger partial charge in [-0.15, -0.1) is 5.10 Å². The molecule has 2 N–H and O–H groups in total. The second-order valence-corrected chi connectivity index (χ2v) is 5.45. The molecule has 0 fully saturated rings. The minimum Gasteiger partial charge on any atom is -0.390 e. The van der Waals surface area contributed by atoms with Crippen LogP contribution in [0.1, 0.15) is 17.1 Å². The third-order valence-electron chi connectivity index (χ3n) is 3.73. The number of imidazole rings is 1. The number of amides is 1. The molecule has 0 bridgehead atoms. The maximum Gasteiger partial charge on any atom is 0.246 e. The molecule has 2 heterocycles. The molecule has 0 aliphatic carbocycles.